The zero-order valence-electron chi connectivity index (χ0n) is 11.1. The van der Waals surface area contributed by atoms with Gasteiger partial charge in [0, 0.05) is 6.04 Å². The lowest BCUT2D eigenvalue weighted by Gasteiger charge is -2.28. The Kier molecular flexibility index (Phi) is 4.01. The van der Waals surface area contributed by atoms with E-state index in [1.54, 1.807) is 12.1 Å². The van der Waals surface area contributed by atoms with Crippen LogP contribution in [0.3, 0.4) is 0 Å². The van der Waals surface area contributed by atoms with Gasteiger partial charge in [0.25, 0.3) is 0 Å². The summed E-state index contributed by atoms with van der Waals surface area (Å²) in [6.45, 7) is 2.26. The molecule has 1 aromatic carbocycles. The molecular weight excluding hydrogens is 262 g/mol. The third kappa shape index (κ3) is 3.39. The summed E-state index contributed by atoms with van der Waals surface area (Å²) < 4.78 is 22.8. The van der Waals surface area contributed by atoms with Crippen molar-refractivity contribution >= 4 is 21.4 Å². The van der Waals surface area contributed by atoms with Crippen LogP contribution in [0.5, 0.6) is 0 Å². The lowest BCUT2D eigenvalue weighted by Crippen LogP contribution is -2.26. The van der Waals surface area contributed by atoms with Gasteiger partial charge in [-0.25, -0.2) is 13.6 Å². The smallest absolute Gasteiger partial charge is 0.240 e. The molecule has 1 fully saturated rings. The van der Waals surface area contributed by atoms with Crippen LogP contribution in [0, 0.1) is 5.92 Å². The molecule has 0 spiro atoms. The van der Waals surface area contributed by atoms with Crippen molar-refractivity contribution in [1.29, 1.82) is 0 Å². The fourth-order valence-electron chi connectivity index (χ4n) is 2.54. The Hall–Kier alpha value is -1.27. The Morgan fingerprint density at radius 2 is 1.84 bits per heavy atom. The van der Waals surface area contributed by atoms with E-state index >= 15 is 0 Å². The first kappa shape index (κ1) is 14.1. The van der Waals surface area contributed by atoms with Crippen LogP contribution >= 0.6 is 0 Å². The first-order valence-electron chi connectivity index (χ1n) is 6.55. The highest BCUT2D eigenvalue weighted by Crippen LogP contribution is 2.30. The van der Waals surface area contributed by atoms with Crippen LogP contribution in [0.1, 0.15) is 32.6 Å². The van der Waals surface area contributed by atoms with Gasteiger partial charge < -0.3 is 11.1 Å². The summed E-state index contributed by atoms with van der Waals surface area (Å²) in [6.07, 6.45) is 4.54. The highest BCUT2D eigenvalue weighted by atomic mass is 32.2. The molecule has 1 saturated carbocycles. The monoisotopic (exact) mass is 283 g/mol. The molecule has 0 bridgehead atoms. The van der Waals surface area contributed by atoms with Gasteiger partial charge >= 0.3 is 0 Å². The van der Waals surface area contributed by atoms with Gasteiger partial charge in [0.05, 0.1) is 11.4 Å². The zero-order valence-corrected chi connectivity index (χ0v) is 11.9. The average molecular weight is 283 g/mol. The van der Waals surface area contributed by atoms with E-state index in [2.05, 4.69) is 12.2 Å². The summed E-state index contributed by atoms with van der Waals surface area (Å²) in [6, 6.07) is 5.24. The molecular formula is C13H21N3O2S. The number of sulfonamides is 1. The quantitative estimate of drug-likeness (QED) is 0.738. The summed E-state index contributed by atoms with van der Waals surface area (Å²) in [4.78, 5) is -0.0123. The number of nitrogens with one attached hydrogen (secondary N) is 1. The van der Waals surface area contributed by atoms with Crippen molar-refractivity contribution < 1.29 is 8.42 Å². The van der Waals surface area contributed by atoms with Crippen molar-refractivity contribution in [2.24, 2.45) is 11.1 Å². The van der Waals surface area contributed by atoms with E-state index in [-0.39, 0.29) is 10.6 Å². The van der Waals surface area contributed by atoms with Crippen LogP contribution in [0.25, 0.3) is 0 Å². The van der Waals surface area contributed by atoms with Crippen molar-refractivity contribution in [3.63, 3.8) is 0 Å². The third-order valence-corrected chi connectivity index (χ3v) is 4.72. The Morgan fingerprint density at radius 3 is 2.42 bits per heavy atom. The largest absolute Gasteiger partial charge is 0.396 e. The number of primary sulfonamides is 1. The van der Waals surface area contributed by atoms with Crippen molar-refractivity contribution in [3.8, 4) is 0 Å². The van der Waals surface area contributed by atoms with Crippen LogP contribution in [-0.2, 0) is 10.0 Å². The number of anilines is 2. The van der Waals surface area contributed by atoms with Gasteiger partial charge in [0.2, 0.25) is 10.0 Å². The van der Waals surface area contributed by atoms with E-state index in [0.717, 1.165) is 18.8 Å². The molecule has 0 atom stereocenters. The van der Waals surface area contributed by atoms with Gasteiger partial charge in [-0.05, 0) is 43.7 Å². The Labute approximate surface area is 114 Å². The number of para-hydroxylation sites is 1. The number of benzene rings is 1. The van der Waals surface area contributed by atoms with Gasteiger partial charge in [-0.3, -0.25) is 0 Å². The Morgan fingerprint density at radius 1 is 1.21 bits per heavy atom. The van der Waals surface area contributed by atoms with Crippen molar-refractivity contribution in [2.45, 2.75) is 43.5 Å². The second-order valence-electron chi connectivity index (χ2n) is 5.36. The van der Waals surface area contributed by atoms with Crippen LogP contribution in [0.4, 0.5) is 11.4 Å². The van der Waals surface area contributed by atoms with E-state index in [9.17, 15) is 8.42 Å². The minimum atomic E-state index is -3.77. The Bertz CT molecular complexity index is 549. The van der Waals surface area contributed by atoms with Gasteiger partial charge in [0.15, 0.2) is 0 Å². The lowest BCUT2D eigenvalue weighted by atomic mass is 9.87. The van der Waals surface area contributed by atoms with E-state index in [4.69, 9.17) is 10.9 Å². The second-order valence-corrected chi connectivity index (χ2v) is 6.89. The highest BCUT2D eigenvalue weighted by Gasteiger charge is 2.20. The van der Waals surface area contributed by atoms with Crippen LogP contribution < -0.4 is 16.2 Å². The predicted molar refractivity (Wildman–Crippen MR) is 77.3 cm³/mol. The molecule has 0 saturated heterocycles. The van der Waals surface area contributed by atoms with Crippen molar-refractivity contribution in [3.05, 3.63) is 18.2 Å². The molecule has 19 heavy (non-hydrogen) atoms. The molecule has 0 unspecified atom stereocenters. The van der Waals surface area contributed by atoms with Gasteiger partial charge in [-0.15, -0.1) is 0 Å². The minimum Gasteiger partial charge on any atom is -0.396 e. The van der Waals surface area contributed by atoms with E-state index < -0.39 is 10.0 Å². The first-order chi connectivity index (χ1) is 8.88. The molecule has 1 aliphatic rings. The molecule has 5 nitrogen and oxygen atoms in total. The molecule has 0 heterocycles. The van der Waals surface area contributed by atoms with Crippen LogP contribution in [0.2, 0.25) is 0 Å². The summed E-state index contributed by atoms with van der Waals surface area (Å²) in [7, 11) is -3.77. The highest BCUT2D eigenvalue weighted by molar-refractivity contribution is 7.89. The summed E-state index contributed by atoms with van der Waals surface area (Å²) in [5, 5.41) is 8.48. The van der Waals surface area contributed by atoms with Gasteiger partial charge in [-0.2, -0.15) is 0 Å². The predicted octanol–water partition coefficient (Wildman–Crippen LogP) is 1.91. The number of hydrogen-bond donors (Lipinski definition) is 3. The Balaban J connectivity index is 2.17. The first-order valence-corrected chi connectivity index (χ1v) is 8.10. The molecule has 1 aliphatic carbocycles. The lowest BCUT2D eigenvalue weighted by molar-refractivity contribution is 0.361. The molecule has 2 rings (SSSR count). The van der Waals surface area contributed by atoms with E-state index in [1.807, 2.05) is 0 Å². The molecule has 0 amide bonds. The molecule has 106 valence electrons. The molecule has 0 aliphatic heterocycles. The van der Waals surface area contributed by atoms with E-state index in [1.165, 1.54) is 18.9 Å². The minimum absolute atomic E-state index is 0.0123. The van der Waals surface area contributed by atoms with E-state index in [0.29, 0.717) is 11.7 Å². The maximum atomic E-state index is 11.4. The number of nitrogen functional groups attached to an aromatic ring is 1. The maximum absolute atomic E-state index is 11.4. The molecule has 0 radical (unpaired) electrons. The zero-order chi connectivity index (χ0) is 14.0. The summed E-state index contributed by atoms with van der Waals surface area (Å²) in [5.41, 5.74) is 6.76. The maximum Gasteiger partial charge on any atom is 0.240 e. The number of rotatable bonds is 3. The van der Waals surface area contributed by atoms with Crippen molar-refractivity contribution in [2.75, 3.05) is 11.1 Å². The average Bonchev–Trinajstić information content (AvgIpc) is 2.33. The number of hydrogen-bond acceptors (Lipinski definition) is 4. The SMILES string of the molecule is CC1CCC(Nc2cccc(S(N)(=O)=O)c2N)CC1. The molecule has 6 heteroatoms. The van der Waals surface area contributed by atoms with Crippen molar-refractivity contribution in [1.82, 2.24) is 0 Å². The van der Waals surface area contributed by atoms with Crippen LogP contribution in [0.15, 0.2) is 23.1 Å². The summed E-state index contributed by atoms with van der Waals surface area (Å²) >= 11 is 0. The third-order valence-electron chi connectivity index (χ3n) is 3.75. The number of nitrogens with two attached hydrogens (primary N) is 2. The standard InChI is InChI=1S/C13H21N3O2S/c1-9-5-7-10(8-6-9)16-11-3-2-4-12(13(11)14)19(15,17)18/h2-4,9-10,16H,5-8,14H2,1H3,(H2,15,17,18). The normalized spacial score (nSPS) is 24.1. The topological polar surface area (TPSA) is 98.2 Å². The fraction of sp³-hybridized carbons (Fsp3) is 0.538. The molecule has 0 aromatic heterocycles. The van der Waals surface area contributed by atoms with Crippen LogP contribution in [-0.4, -0.2) is 14.5 Å². The molecule has 1 aromatic rings. The van der Waals surface area contributed by atoms with Gasteiger partial charge in [-0.1, -0.05) is 13.0 Å². The second kappa shape index (κ2) is 5.38. The fourth-order valence-corrected chi connectivity index (χ4v) is 3.23. The van der Waals surface area contributed by atoms with Gasteiger partial charge in [0.1, 0.15) is 4.90 Å². The summed E-state index contributed by atoms with van der Waals surface area (Å²) in [5.74, 6) is 0.770. The molecule has 5 N–H and O–H groups in total.